The van der Waals surface area contributed by atoms with Gasteiger partial charge in [-0.05, 0) is 61.2 Å². The molecule has 2 aromatic carbocycles. The van der Waals surface area contributed by atoms with Gasteiger partial charge in [-0.15, -0.1) is 0 Å². The van der Waals surface area contributed by atoms with Crippen molar-refractivity contribution in [1.82, 2.24) is 9.62 Å². The molecule has 34 heavy (non-hydrogen) atoms. The lowest BCUT2D eigenvalue weighted by Gasteiger charge is -2.33. The van der Waals surface area contributed by atoms with Gasteiger partial charge in [0.1, 0.15) is 0 Å². The van der Waals surface area contributed by atoms with E-state index in [0.717, 1.165) is 5.56 Å². The second-order valence-corrected chi connectivity index (χ2v) is 11.4. The molecule has 0 radical (unpaired) electrons. The first-order chi connectivity index (χ1) is 16.0. The van der Waals surface area contributed by atoms with Crippen LogP contribution in [0, 0.1) is 10.1 Å². The summed E-state index contributed by atoms with van der Waals surface area (Å²) in [6, 6.07) is 12.3. The van der Waals surface area contributed by atoms with E-state index in [-0.39, 0.29) is 40.9 Å². The summed E-state index contributed by atoms with van der Waals surface area (Å²) in [5.74, 6) is -0.355. The van der Waals surface area contributed by atoms with E-state index in [1.54, 1.807) is 12.1 Å². The van der Waals surface area contributed by atoms with Crippen LogP contribution in [0.2, 0.25) is 0 Å². The normalized spacial score (nSPS) is 15.3. The Bertz CT molecular complexity index is 1100. The van der Waals surface area contributed by atoms with Gasteiger partial charge in [-0.2, -0.15) is 4.31 Å². The van der Waals surface area contributed by atoms with Crippen molar-refractivity contribution in [3.8, 4) is 0 Å². The number of sulfonamides is 1. The first kappa shape index (κ1) is 25.8. The zero-order valence-corrected chi connectivity index (χ0v) is 20.6. The molecular weight excluding hydrogens is 456 g/mol. The van der Waals surface area contributed by atoms with Crippen LogP contribution in [0.3, 0.4) is 0 Å². The summed E-state index contributed by atoms with van der Waals surface area (Å²) in [7, 11) is -3.80. The fourth-order valence-electron chi connectivity index (χ4n) is 3.96. The largest absolute Gasteiger partial charge is 0.326 e. The minimum atomic E-state index is -3.80. The highest BCUT2D eigenvalue weighted by Crippen LogP contribution is 2.27. The topological polar surface area (TPSA) is 122 Å². The van der Waals surface area contributed by atoms with E-state index < -0.39 is 14.9 Å². The number of anilines is 1. The maximum atomic E-state index is 13.6. The lowest BCUT2D eigenvalue weighted by atomic mass is 9.87. The molecule has 0 bridgehead atoms. The van der Waals surface area contributed by atoms with Gasteiger partial charge in [0, 0.05) is 36.8 Å². The fourth-order valence-corrected chi connectivity index (χ4v) is 5.64. The summed E-state index contributed by atoms with van der Waals surface area (Å²) in [5.41, 5.74) is 1.30. The van der Waals surface area contributed by atoms with Crippen molar-refractivity contribution in [2.24, 2.45) is 0 Å². The van der Waals surface area contributed by atoms with Gasteiger partial charge in [0.15, 0.2) is 0 Å². The van der Waals surface area contributed by atoms with Gasteiger partial charge in [0.25, 0.3) is 5.69 Å². The lowest BCUT2D eigenvalue weighted by molar-refractivity contribution is -0.384. The van der Waals surface area contributed by atoms with Crippen LogP contribution in [0.4, 0.5) is 11.4 Å². The SMILES string of the molecule is CC(C)(C)c1ccc(S(=O)(=O)N(CCC(=O)Nc2ccc([N+](=O)[O-])cc2)C2CCNCC2)cc1. The summed E-state index contributed by atoms with van der Waals surface area (Å²) >= 11 is 0. The van der Waals surface area contributed by atoms with E-state index in [2.05, 4.69) is 31.4 Å². The molecule has 10 heteroatoms. The molecule has 1 saturated heterocycles. The molecule has 0 aromatic heterocycles. The van der Waals surface area contributed by atoms with Gasteiger partial charge < -0.3 is 10.6 Å². The fraction of sp³-hybridized carbons (Fsp3) is 0.458. The molecule has 184 valence electrons. The monoisotopic (exact) mass is 488 g/mol. The first-order valence-electron chi connectivity index (χ1n) is 11.4. The van der Waals surface area contributed by atoms with Crippen molar-refractivity contribution in [3.05, 3.63) is 64.2 Å². The molecule has 0 atom stereocenters. The Hall–Kier alpha value is -2.82. The van der Waals surface area contributed by atoms with Gasteiger partial charge >= 0.3 is 0 Å². The maximum absolute atomic E-state index is 13.6. The summed E-state index contributed by atoms with van der Waals surface area (Å²) in [4.78, 5) is 23.1. The van der Waals surface area contributed by atoms with Crippen LogP contribution in [0.5, 0.6) is 0 Å². The number of hydrogen-bond acceptors (Lipinski definition) is 6. The van der Waals surface area contributed by atoms with Crippen LogP contribution in [0.15, 0.2) is 53.4 Å². The Morgan fingerprint density at radius 3 is 2.21 bits per heavy atom. The van der Waals surface area contributed by atoms with Gasteiger partial charge in [0.05, 0.1) is 9.82 Å². The standard InChI is InChI=1S/C24H32N4O5S/c1-24(2,3)18-4-10-22(11-5-18)34(32,33)27(20-12-15-25-16-13-20)17-14-23(29)26-19-6-8-21(9-7-19)28(30)31/h4-11,20,25H,12-17H2,1-3H3,(H,26,29). The maximum Gasteiger partial charge on any atom is 0.269 e. The minimum absolute atomic E-state index is 0.0276. The number of nitro groups is 1. The van der Waals surface area contributed by atoms with Gasteiger partial charge in [-0.25, -0.2) is 8.42 Å². The summed E-state index contributed by atoms with van der Waals surface area (Å²) in [6.45, 7) is 7.69. The van der Waals surface area contributed by atoms with Crippen LogP contribution in [-0.4, -0.2) is 49.2 Å². The Balaban J connectivity index is 1.75. The molecule has 0 saturated carbocycles. The van der Waals surface area contributed by atoms with E-state index >= 15 is 0 Å². The van der Waals surface area contributed by atoms with Crippen LogP contribution in [0.25, 0.3) is 0 Å². The van der Waals surface area contributed by atoms with Crippen LogP contribution in [0.1, 0.15) is 45.6 Å². The third kappa shape index (κ3) is 6.40. The third-order valence-electron chi connectivity index (χ3n) is 5.96. The number of piperidine rings is 1. The summed E-state index contributed by atoms with van der Waals surface area (Å²) in [6.07, 6.45) is 1.31. The molecule has 0 spiro atoms. The average molecular weight is 489 g/mol. The summed E-state index contributed by atoms with van der Waals surface area (Å²) < 4.78 is 28.6. The molecule has 1 heterocycles. The number of rotatable bonds is 8. The molecule has 2 N–H and O–H groups in total. The number of carbonyl (C=O) groups excluding carboxylic acids is 1. The number of carbonyl (C=O) groups is 1. The number of nitro benzene ring substituents is 1. The average Bonchev–Trinajstić information content (AvgIpc) is 2.79. The van der Waals surface area contributed by atoms with Crippen LogP contribution < -0.4 is 10.6 Å². The molecule has 2 aromatic rings. The molecule has 3 rings (SSSR count). The third-order valence-corrected chi connectivity index (χ3v) is 7.93. The highest BCUT2D eigenvalue weighted by molar-refractivity contribution is 7.89. The number of nitrogens with one attached hydrogen (secondary N) is 2. The number of hydrogen-bond donors (Lipinski definition) is 2. The zero-order valence-electron chi connectivity index (χ0n) is 19.8. The van der Waals surface area contributed by atoms with E-state index in [4.69, 9.17) is 0 Å². The highest BCUT2D eigenvalue weighted by atomic mass is 32.2. The zero-order chi connectivity index (χ0) is 24.9. The number of benzene rings is 2. The second kappa shape index (κ2) is 10.6. The molecule has 1 amide bonds. The molecule has 1 aliphatic heterocycles. The smallest absolute Gasteiger partial charge is 0.269 e. The molecule has 1 aliphatic rings. The molecule has 1 fully saturated rings. The molecule has 9 nitrogen and oxygen atoms in total. The van der Waals surface area contributed by atoms with Crippen molar-refractivity contribution in [1.29, 1.82) is 0 Å². The van der Waals surface area contributed by atoms with Crippen molar-refractivity contribution in [2.45, 2.75) is 56.4 Å². The van der Waals surface area contributed by atoms with Crippen molar-refractivity contribution in [2.75, 3.05) is 25.0 Å². The highest BCUT2D eigenvalue weighted by Gasteiger charge is 2.33. The minimum Gasteiger partial charge on any atom is -0.326 e. The van der Waals surface area contributed by atoms with E-state index in [0.29, 0.717) is 31.6 Å². The van der Waals surface area contributed by atoms with Gasteiger partial charge in [-0.3, -0.25) is 14.9 Å². The predicted octanol–water partition coefficient (Wildman–Crippen LogP) is 3.66. The summed E-state index contributed by atoms with van der Waals surface area (Å²) in [5, 5.41) is 16.7. The molecular formula is C24H32N4O5S. The number of nitrogens with zero attached hydrogens (tertiary/aromatic N) is 2. The van der Waals surface area contributed by atoms with Crippen LogP contribution >= 0.6 is 0 Å². The quantitative estimate of drug-likeness (QED) is 0.432. The lowest BCUT2D eigenvalue weighted by Crippen LogP contribution is -2.47. The first-order valence-corrected chi connectivity index (χ1v) is 12.8. The Kier molecular flexibility index (Phi) is 8.06. The van der Waals surface area contributed by atoms with E-state index in [1.807, 2.05) is 12.1 Å². The van der Waals surface area contributed by atoms with Gasteiger partial charge in [-0.1, -0.05) is 32.9 Å². The Morgan fingerprint density at radius 1 is 1.09 bits per heavy atom. The van der Waals surface area contributed by atoms with Crippen LogP contribution in [-0.2, 0) is 20.2 Å². The van der Waals surface area contributed by atoms with Crippen molar-refractivity contribution in [3.63, 3.8) is 0 Å². The van der Waals surface area contributed by atoms with E-state index in [9.17, 15) is 23.3 Å². The van der Waals surface area contributed by atoms with Crippen molar-refractivity contribution < 1.29 is 18.1 Å². The molecule has 0 aliphatic carbocycles. The Labute approximate surface area is 200 Å². The van der Waals surface area contributed by atoms with Gasteiger partial charge in [0.2, 0.25) is 15.9 Å². The second-order valence-electron chi connectivity index (χ2n) is 9.47. The number of amides is 1. The Morgan fingerprint density at radius 2 is 1.68 bits per heavy atom. The predicted molar refractivity (Wildman–Crippen MR) is 131 cm³/mol. The van der Waals surface area contributed by atoms with Crippen molar-refractivity contribution >= 4 is 27.3 Å². The number of non-ortho nitro benzene ring substituents is 1. The van der Waals surface area contributed by atoms with E-state index in [1.165, 1.54) is 28.6 Å². The molecule has 0 unspecified atom stereocenters.